The zero-order valence-electron chi connectivity index (χ0n) is 13.4. The van der Waals surface area contributed by atoms with Gasteiger partial charge >= 0.3 is 0 Å². The molecule has 5 heteroatoms. The molecule has 0 bridgehead atoms. The lowest BCUT2D eigenvalue weighted by Crippen LogP contribution is -2.12. The molecule has 0 saturated carbocycles. The van der Waals surface area contributed by atoms with Crippen LogP contribution in [0.4, 0.5) is 5.69 Å². The number of amides is 1. The summed E-state index contributed by atoms with van der Waals surface area (Å²) in [6.07, 6.45) is 0. The lowest BCUT2D eigenvalue weighted by atomic mass is 10.1. The van der Waals surface area contributed by atoms with E-state index in [2.05, 4.69) is 33.1 Å². The maximum atomic E-state index is 12.4. The van der Waals surface area contributed by atoms with Gasteiger partial charge in [0.05, 0.1) is 16.5 Å². The van der Waals surface area contributed by atoms with Crippen molar-refractivity contribution >= 4 is 38.9 Å². The van der Waals surface area contributed by atoms with Crippen LogP contribution in [0.5, 0.6) is 5.75 Å². The monoisotopic (exact) mass is 411 g/mol. The molecule has 1 amide bonds. The van der Waals surface area contributed by atoms with Gasteiger partial charge in [-0.15, -0.1) is 11.3 Å². The highest BCUT2D eigenvalue weighted by Crippen LogP contribution is 2.26. The Morgan fingerprint density at radius 2 is 2.00 bits per heavy atom. The molecule has 0 spiro atoms. The van der Waals surface area contributed by atoms with Gasteiger partial charge in [-0.05, 0) is 63.8 Å². The van der Waals surface area contributed by atoms with Crippen molar-refractivity contribution in [1.82, 2.24) is 0 Å². The van der Waals surface area contributed by atoms with Crippen molar-refractivity contribution in [2.45, 2.75) is 0 Å². The van der Waals surface area contributed by atoms with Crippen LogP contribution in [0.2, 0.25) is 0 Å². The third kappa shape index (κ3) is 4.50. The Morgan fingerprint density at radius 1 is 1.12 bits per heavy atom. The molecule has 25 heavy (non-hydrogen) atoms. The van der Waals surface area contributed by atoms with Gasteiger partial charge in [-0.3, -0.25) is 4.79 Å². The number of carbonyl (C=O) groups excluding carboxylic acids is 1. The number of thiophene rings is 1. The molecule has 3 rings (SSSR count). The smallest absolute Gasteiger partial charge is 0.255 e. The maximum Gasteiger partial charge on any atom is 0.255 e. The van der Waals surface area contributed by atoms with Crippen LogP contribution in [0.3, 0.4) is 0 Å². The van der Waals surface area contributed by atoms with Crippen LogP contribution in [0.15, 0.2) is 64.5 Å². The Bertz CT molecular complexity index is 955. The minimum absolute atomic E-state index is 0.188. The van der Waals surface area contributed by atoms with Crippen molar-refractivity contribution in [2.24, 2.45) is 0 Å². The van der Waals surface area contributed by atoms with Gasteiger partial charge in [0.1, 0.15) is 5.75 Å². The number of rotatable bonds is 3. The standard InChI is InChI=1S/C20H14BrNO2S/c1-24-19-10-8-15(13-18(19)21)20(23)22-16-5-2-4-14(12-16)7-9-17-6-3-11-25-17/h2-6,8,10-13H,1H3,(H,22,23). The first-order chi connectivity index (χ1) is 12.2. The SMILES string of the molecule is COc1ccc(C(=O)Nc2cccc(C#Cc3cccs3)c2)cc1Br. The Labute approximate surface area is 158 Å². The molecule has 0 fully saturated rings. The van der Waals surface area contributed by atoms with E-state index in [1.807, 2.05) is 41.8 Å². The Hall–Kier alpha value is -2.55. The van der Waals surface area contributed by atoms with Crippen molar-refractivity contribution in [1.29, 1.82) is 0 Å². The minimum atomic E-state index is -0.188. The van der Waals surface area contributed by atoms with E-state index in [9.17, 15) is 4.79 Å². The van der Waals surface area contributed by atoms with Crippen LogP contribution in [0.25, 0.3) is 0 Å². The van der Waals surface area contributed by atoms with Crippen molar-refractivity contribution in [3.63, 3.8) is 0 Å². The van der Waals surface area contributed by atoms with E-state index in [1.54, 1.807) is 36.6 Å². The Balaban J connectivity index is 1.75. The normalized spacial score (nSPS) is 9.84. The van der Waals surface area contributed by atoms with Crippen molar-refractivity contribution in [3.8, 4) is 17.6 Å². The second-order valence-corrected chi connectivity index (χ2v) is 6.91. The van der Waals surface area contributed by atoms with E-state index in [0.29, 0.717) is 17.0 Å². The van der Waals surface area contributed by atoms with Crippen LogP contribution >= 0.6 is 27.3 Å². The topological polar surface area (TPSA) is 38.3 Å². The highest BCUT2D eigenvalue weighted by molar-refractivity contribution is 9.10. The molecule has 3 aromatic rings. The molecule has 0 saturated heterocycles. The van der Waals surface area contributed by atoms with Crippen molar-refractivity contribution in [3.05, 3.63) is 80.5 Å². The molecule has 1 heterocycles. The molecule has 0 atom stereocenters. The molecule has 0 aliphatic heterocycles. The molecule has 1 aromatic heterocycles. The number of hydrogen-bond donors (Lipinski definition) is 1. The van der Waals surface area contributed by atoms with E-state index in [1.165, 1.54) is 0 Å². The molecule has 124 valence electrons. The van der Waals surface area contributed by atoms with E-state index in [-0.39, 0.29) is 5.91 Å². The lowest BCUT2D eigenvalue weighted by molar-refractivity contribution is 0.102. The number of hydrogen-bond acceptors (Lipinski definition) is 3. The molecule has 1 N–H and O–H groups in total. The van der Waals surface area contributed by atoms with Crippen LogP contribution in [0.1, 0.15) is 20.8 Å². The summed E-state index contributed by atoms with van der Waals surface area (Å²) in [7, 11) is 1.59. The van der Waals surface area contributed by atoms with E-state index in [4.69, 9.17) is 4.74 Å². The minimum Gasteiger partial charge on any atom is -0.496 e. The van der Waals surface area contributed by atoms with Gasteiger partial charge in [-0.25, -0.2) is 0 Å². The average molecular weight is 412 g/mol. The third-order valence-electron chi connectivity index (χ3n) is 3.39. The van der Waals surface area contributed by atoms with Crippen LogP contribution < -0.4 is 10.1 Å². The highest BCUT2D eigenvalue weighted by Gasteiger charge is 2.09. The van der Waals surface area contributed by atoms with Crippen molar-refractivity contribution < 1.29 is 9.53 Å². The fraction of sp³-hybridized carbons (Fsp3) is 0.0500. The zero-order valence-corrected chi connectivity index (χ0v) is 15.8. The highest BCUT2D eigenvalue weighted by atomic mass is 79.9. The van der Waals surface area contributed by atoms with Gasteiger partial charge in [-0.2, -0.15) is 0 Å². The number of anilines is 1. The van der Waals surface area contributed by atoms with Crippen molar-refractivity contribution in [2.75, 3.05) is 12.4 Å². The quantitative estimate of drug-likeness (QED) is 0.603. The molecule has 0 aliphatic rings. The maximum absolute atomic E-state index is 12.4. The number of halogens is 1. The summed E-state index contributed by atoms with van der Waals surface area (Å²) >= 11 is 4.99. The number of benzene rings is 2. The van der Waals surface area contributed by atoms with Gasteiger partial charge in [0.25, 0.3) is 5.91 Å². The Morgan fingerprint density at radius 3 is 2.72 bits per heavy atom. The molecular weight excluding hydrogens is 398 g/mol. The van der Waals surface area contributed by atoms with Crippen LogP contribution in [-0.4, -0.2) is 13.0 Å². The second kappa shape index (κ2) is 8.02. The van der Waals surface area contributed by atoms with Gasteiger partial charge < -0.3 is 10.1 Å². The predicted molar refractivity (Wildman–Crippen MR) is 105 cm³/mol. The summed E-state index contributed by atoms with van der Waals surface area (Å²) in [6, 6.07) is 16.6. The molecule has 0 aliphatic carbocycles. The number of methoxy groups -OCH3 is 1. The van der Waals surface area contributed by atoms with Gasteiger partial charge in [-0.1, -0.05) is 24.0 Å². The van der Waals surface area contributed by atoms with Crippen LogP contribution in [0, 0.1) is 11.8 Å². The molecule has 3 nitrogen and oxygen atoms in total. The first kappa shape index (κ1) is 17.3. The first-order valence-electron chi connectivity index (χ1n) is 7.46. The summed E-state index contributed by atoms with van der Waals surface area (Å²) in [4.78, 5) is 13.4. The molecule has 2 aromatic carbocycles. The molecule has 0 radical (unpaired) electrons. The fourth-order valence-electron chi connectivity index (χ4n) is 2.17. The largest absolute Gasteiger partial charge is 0.496 e. The zero-order chi connectivity index (χ0) is 17.6. The lowest BCUT2D eigenvalue weighted by Gasteiger charge is -2.08. The first-order valence-corrected chi connectivity index (χ1v) is 9.13. The third-order valence-corrected chi connectivity index (χ3v) is 4.79. The van der Waals surface area contributed by atoms with Gasteiger partial charge in [0.2, 0.25) is 0 Å². The Kier molecular flexibility index (Phi) is 5.54. The molecular formula is C20H14BrNO2S. The van der Waals surface area contributed by atoms with E-state index < -0.39 is 0 Å². The summed E-state index contributed by atoms with van der Waals surface area (Å²) < 4.78 is 5.91. The number of nitrogens with one attached hydrogen (secondary N) is 1. The van der Waals surface area contributed by atoms with Crippen LogP contribution in [-0.2, 0) is 0 Å². The van der Waals surface area contributed by atoms with E-state index >= 15 is 0 Å². The van der Waals surface area contributed by atoms with Gasteiger partial charge in [0.15, 0.2) is 0 Å². The summed E-state index contributed by atoms with van der Waals surface area (Å²) in [5, 5.41) is 4.88. The summed E-state index contributed by atoms with van der Waals surface area (Å²) in [5.41, 5.74) is 2.10. The molecule has 0 unspecified atom stereocenters. The number of ether oxygens (including phenoxy) is 1. The second-order valence-electron chi connectivity index (χ2n) is 5.11. The predicted octanol–water partition coefficient (Wildman–Crippen LogP) is 5.17. The number of carbonyl (C=O) groups is 1. The summed E-state index contributed by atoms with van der Waals surface area (Å²) in [5.74, 6) is 6.71. The van der Waals surface area contributed by atoms with Gasteiger partial charge in [0, 0.05) is 16.8 Å². The summed E-state index contributed by atoms with van der Waals surface area (Å²) in [6.45, 7) is 0. The van der Waals surface area contributed by atoms with E-state index in [0.717, 1.165) is 14.9 Å². The average Bonchev–Trinajstić information content (AvgIpc) is 3.14. The fourth-order valence-corrected chi connectivity index (χ4v) is 3.28.